The van der Waals surface area contributed by atoms with Crippen molar-refractivity contribution < 1.29 is 34.4 Å². The lowest BCUT2D eigenvalue weighted by atomic mass is 9.99. The molecule has 0 saturated carbocycles. The lowest BCUT2D eigenvalue weighted by molar-refractivity contribution is -0.139. The van der Waals surface area contributed by atoms with Gasteiger partial charge in [0.15, 0.2) is 0 Å². The van der Waals surface area contributed by atoms with Gasteiger partial charge in [0.25, 0.3) is 0 Å². The van der Waals surface area contributed by atoms with Crippen LogP contribution in [0.25, 0.3) is 0 Å². The minimum Gasteiger partial charge on any atom is -0.455 e. The molecule has 0 aromatic heterocycles. The largest absolute Gasteiger partial charge is 0.455 e. The van der Waals surface area contributed by atoms with E-state index < -0.39 is 18.3 Å². The number of carbonyl (C=O) groups excluding carboxylic acids is 2. The molecule has 0 amide bonds. The normalized spacial score (nSPS) is 22.6. The first-order valence-electron chi connectivity index (χ1n) is 17.4. The van der Waals surface area contributed by atoms with Crippen molar-refractivity contribution in [1.82, 2.24) is 0 Å². The summed E-state index contributed by atoms with van der Waals surface area (Å²) in [5, 5.41) is 31.3. The average Bonchev–Trinajstić information content (AvgIpc) is 3.58. The van der Waals surface area contributed by atoms with E-state index in [0.717, 1.165) is 57.8 Å². The van der Waals surface area contributed by atoms with Crippen LogP contribution in [0.1, 0.15) is 162 Å². The first-order valence-corrected chi connectivity index (χ1v) is 17.4. The van der Waals surface area contributed by atoms with Gasteiger partial charge in [-0.3, -0.25) is 4.79 Å². The number of hydrogen-bond donors (Lipinski definition) is 3. The minimum atomic E-state index is -0.698. The second-order valence-corrected chi connectivity index (χ2v) is 12.9. The molecule has 2 aliphatic rings. The molecule has 2 rings (SSSR count). The molecule has 244 valence electrons. The molecule has 0 spiro atoms. The summed E-state index contributed by atoms with van der Waals surface area (Å²) in [5.41, 5.74) is 0.504. The zero-order chi connectivity index (χ0) is 30.6. The fraction of sp³-hybridized carbons (Fsp3) is 0.886. The van der Waals surface area contributed by atoms with Crippen molar-refractivity contribution in [1.29, 1.82) is 0 Å². The maximum atomic E-state index is 12.2. The van der Waals surface area contributed by atoms with Crippen LogP contribution < -0.4 is 0 Å². The molecular weight excluding hydrogens is 532 g/mol. The second-order valence-electron chi connectivity index (χ2n) is 12.9. The number of aliphatic hydroxyl groups excluding tert-OH is 3. The zero-order valence-corrected chi connectivity index (χ0v) is 26.8. The molecule has 6 atom stereocenters. The molecule has 42 heavy (non-hydrogen) atoms. The summed E-state index contributed by atoms with van der Waals surface area (Å²) in [4.78, 5) is 23.8. The van der Waals surface area contributed by atoms with E-state index in [4.69, 9.17) is 9.47 Å². The topological polar surface area (TPSA) is 113 Å². The zero-order valence-electron chi connectivity index (χ0n) is 26.8. The minimum absolute atomic E-state index is 0.137. The molecule has 1 saturated heterocycles. The lowest BCUT2D eigenvalue weighted by Gasteiger charge is -2.22. The van der Waals surface area contributed by atoms with E-state index in [2.05, 4.69) is 6.92 Å². The molecule has 3 N–H and O–H groups in total. The number of hydrogen-bond acceptors (Lipinski definition) is 7. The number of aliphatic hydroxyl groups is 3. The maximum absolute atomic E-state index is 12.2. The van der Waals surface area contributed by atoms with Gasteiger partial charge < -0.3 is 24.8 Å². The second kappa shape index (κ2) is 22.3. The van der Waals surface area contributed by atoms with E-state index >= 15 is 0 Å². The summed E-state index contributed by atoms with van der Waals surface area (Å²) in [6, 6.07) is 0. The molecular formula is C35H62O7. The highest BCUT2D eigenvalue weighted by Gasteiger charge is 2.34. The van der Waals surface area contributed by atoms with Gasteiger partial charge in [0.2, 0.25) is 0 Å². The number of carbonyl (C=O) groups is 2. The molecule has 0 bridgehead atoms. The standard InChI is InChI=1S/C35H62O7/c1-3-4-5-6-7-8-9-10-13-16-19-31(38)33-23-24-34(42-33)32(39)20-17-14-11-12-15-18-29(36)21-22-30(37)26-28-25-27(2)41-35(28)40/h25,27,30-34,37-39H,3-24,26H2,1-2H3/t27-,30+,31-,32-,33-,34-/m0/s1. The van der Waals surface area contributed by atoms with Crippen LogP contribution in [0.4, 0.5) is 0 Å². The van der Waals surface area contributed by atoms with Gasteiger partial charge in [-0.15, -0.1) is 0 Å². The Kier molecular flexibility index (Phi) is 19.6. The maximum Gasteiger partial charge on any atom is 0.334 e. The Balaban J connectivity index is 1.41. The van der Waals surface area contributed by atoms with Crippen LogP contribution in [0, 0.1) is 0 Å². The third kappa shape index (κ3) is 16.0. The molecule has 0 aliphatic carbocycles. The number of rotatable bonds is 26. The molecule has 7 nitrogen and oxygen atoms in total. The van der Waals surface area contributed by atoms with E-state index in [1.165, 1.54) is 57.8 Å². The Morgan fingerprint density at radius 1 is 0.762 bits per heavy atom. The van der Waals surface area contributed by atoms with E-state index in [1.807, 2.05) is 0 Å². The molecule has 0 aromatic rings. The molecule has 1 fully saturated rings. The number of ether oxygens (including phenoxy) is 2. The first kappa shape index (κ1) is 36.9. The van der Waals surface area contributed by atoms with Gasteiger partial charge in [-0.2, -0.15) is 0 Å². The van der Waals surface area contributed by atoms with Gasteiger partial charge in [-0.1, -0.05) is 96.8 Å². The Bertz CT molecular complexity index is 766. The summed E-state index contributed by atoms with van der Waals surface area (Å²) in [5.74, 6) is -0.210. The SMILES string of the molecule is CCCCCCCCCCCC[C@H](O)[C@@H]1CC[C@@H]([C@@H](O)CCCCCCCC(=O)CC[C@@H](O)CC2=C[C@H](C)OC2=O)O1. The van der Waals surface area contributed by atoms with Crippen LogP contribution >= 0.6 is 0 Å². The third-order valence-electron chi connectivity index (χ3n) is 8.96. The van der Waals surface area contributed by atoms with Crippen molar-refractivity contribution in [2.75, 3.05) is 0 Å². The number of ketones is 1. The third-order valence-corrected chi connectivity index (χ3v) is 8.96. The van der Waals surface area contributed by atoms with Crippen LogP contribution in [0.3, 0.4) is 0 Å². The van der Waals surface area contributed by atoms with Gasteiger partial charge in [0, 0.05) is 24.8 Å². The van der Waals surface area contributed by atoms with Gasteiger partial charge >= 0.3 is 5.97 Å². The highest BCUT2D eigenvalue weighted by molar-refractivity contribution is 5.90. The van der Waals surface area contributed by atoms with Crippen molar-refractivity contribution in [3.05, 3.63) is 11.6 Å². The smallest absolute Gasteiger partial charge is 0.334 e. The molecule has 2 aliphatic heterocycles. The molecule has 0 aromatic carbocycles. The van der Waals surface area contributed by atoms with Gasteiger partial charge in [-0.05, 0) is 51.5 Å². The van der Waals surface area contributed by atoms with Crippen molar-refractivity contribution in [3.8, 4) is 0 Å². The molecule has 2 heterocycles. The van der Waals surface area contributed by atoms with Crippen LogP contribution in [-0.4, -0.2) is 63.7 Å². The van der Waals surface area contributed by atoms with E-state index in [0.29, 0.717) is 31.3 Å². The number of unbranched alkanes of at least 4 members (excludes halogenated alkanes) is 13. The van der Waals surface area contributed by atoms with Gasteiger partial charge in [0.1, 0.15) is 11.9 Å². The average molecular weight is 595 g/mol. The van der Waals surface area contributed by atoms with Crippen LogP contribution in [0.2, 0.25) is 0 Å². The molecule has 7 heteroatoms. The molecule has 0 radical (unpaired) electrons. The van der Waals surface area contributed by atoms with E-state index in [9.17, 15) is 24.9 Å². The summed E-state index contributed by atoms with van der Waals surface area (Å²) >= 11 is 0. The summed E-state index contributed by atoms with van der Waals surface area (Å²) in [6.07, 6.45) is 21.9. The highest BCUT2D eigenvalue weighted by Crippen LogP contribution is 2.28. The summed E-state index contributed by atoms with van der Waals surface area (Å²) in [6.45, 7) is 4.04. The van der Waals surface area contributed by atoms with Crippen LogP contribution in [0.15, 0.2) is 11.6 Å². The van der Waals surface area contributed by atoms with E-state index in [1.54, 1.807) is 13.0 Å². The first-order chi connectivity index (χ1) is 20.3. The summed E-state index contributed by atoms with van der Waals surface area (Å²) in [7, 11) is 0. The quantitative estimate of drug-likeness (QED) is 0.0713. The highest BCUT2D eigenvalue weighted by atomic mass is 16.5. The van der Waals surface area contributed by atoms with Crippen molar-refractivity contribution in [2.24, 2.45) is 0 Å². The fourth-order valence-electron chi connectivity index (χ4n) is 6.26. The number of Topliss-reactive ketones (excluding diaryl/α,β-unsaturated/α-hetero) is 1. The van der Waals surface area contributed by atoms with Crippen LogP contribution in [-0.2, 0) is 19.1 Å². The van der Waals surface area contributed by atoms with Gasteiger partial charge in [0.05, 0.1) is 30.5 Å². The Hall–Kier alpha value is -1.28. The monoisotopic (exact) mass is 594 g/mol. The van der Waals surface area contributed by atoms with Crippen molar-refractivity contribution >= 4 is 11.8 Å². The Morgan fingerprint density at radius 2 is 1.26 bits per heavy atom. The summed E-state index contributed by atoms with van der Waals surface area (Å²) < 4.78 is 11.1. The Labute approximate surface area is 255 Å². The van der Waals surface area contributed by atoms with Crippen molar-refractivity contribution in [3.63, 3.8) is 0 Å². The van der Waals surface area contributed by atoms with Gasteiger partial charge in [-0.25, -0.2) is 4.79 Å². The fourth-order valence-corrected chi connectivity index (χ4v) is 6.26. The predicted molar refractivity (Wildman–Crippen MR) is 167 cm³/mol. The number of cyclic esters (lactones) is 1. The van der Waals surface area contributed by atoms with Crippen LogP contribution in [0.5, 0.6) is 0 Å². The predicted octanol–water partition coefficient (Wildman–Crippen LogP) is 7.27. The van der Waals surface area contributed by atoms with Crippen molar-refractivity contribution in [2.45, 2.75) is 198 Å². The lowest BCUT2D eigenvalue weighted by Crippen LogP contribution is -2.31. The Morgan fingerprint density at radius 3 is 1.76 bits per heavy atom. The van der Waals surface area contributed by atoms with E-state index in [-0.39, 0.29) is 36.5 Å². The molecule has 0 unspecified atom stereocenters. The number of esters is 1.